The summed E-state index contributed by atoms with van der Waals surface area (Å²) < 4.78 is 14.0. The molecule has 9 nitrogen and oxygen atoms in total. The molecule has 0 saturated heterocycles. The van der Waals surface area contributed by atoms with Crippen LogP contribution in [0.5, 0.6) is 11.5 Å². The van der Waals surface area contributed by atoms with E-state index in [2.05, 4.69) is 24.5 Å². The Balaban J connectivity index is 1.24. The zero-order chi connectivity index (χ0) is 31.8. The van der Waals surface area contributed by atoms with Gasteiger partial charge in [-0.1, -0.05) is 41.9 Å². The highest BCUT2D eigenvalue weighted by molar-refractivity contribution is 6.31. The van der Waals surface area contributed by atoms with E-state index < -0.39 is 0 Å². The zero-order valence-corrected chi connectivity index (χ0v) is 26.9. The summed E-state index contributed by atoms with van der Waals surface area (Å²) in [5.41, 5.74) is 5.05. The molecule has 4 aromatic rings. The van der Waals surface area contributed by atoms with Crippen LogP contribution in [0, 0.1) is 6.92 Å². The van der Waals surface area contributed by atoms with Crippen LogP contribution < -0.4 is 24.6 Å². The predicted molar refractivity (Wildman–Crippen MR) is 177 cm³/mol. The molecule has 2 amide bonds. The van der Waals surface area contributed by atoms with Gasteiger partial charge in [-0.05, 0) is 55.7 Å². The Bertz CT molecular complexity index is 1640. The summed E-state index contributed by atoms with van der Waals surface area (Å²) in [6, 6.07) is 19.1. The number of nitrogens with one attached hydrogen (secondary N) is 2. The predicted octanol–water partition coefficient (Wildman–Crippen LogP) is 4.41. The summed E-state index contributed by atoms with van der Waals surface area (Å²) in [6.45, 7) is 5.45. The van der Waals surface area contributed by atoms with Crippen LogP contribution in [0.15, 0.2) is 73.1 Å². The van der Waals surface area contributed by atoms with Gasteiger partial charge in [0.2, 0.25) is 5.91 Å². The van der Waals surface area contributed by atoms with Crippen molar-refractivity contribution < 1.29 is 24.0 Å². The van der Waals surface area contributed by atoms with E-state index in [-0.39, 0.29) is 11.8 Å². The van der Waals surface area contributed by atoms with Crippen LogP contribution in [-0.2, 0) is 11.3 Å². The van der Waals surface area contributed by atoms with Crippen molar-refractivity contribution in [3.8, 4) is 22.6 Å². The van der Waals surface area contributed by atoms with Gasteiger partial charge >= 0.3 is 0 Å². The molecule has 0 atom stereocenters. The molecule has 2 N–H and O–H groups in total. The number of quaternary nitrogens is 1. The van der Waals surface area contributed by atoms with Crippen LogP contribution in [0.2, 0.25) is 5.02 Å². The third-order valence-electron chi connectivity index (χ3n) is 7.76. The fourth-order valence-electron chi connectivity index (χ4n) is 5.29. The molecule has 0 saturated carbocycles. The van der Waals surface area contributed by atoms with Crippen molar-refractivity contribution in [3.05, 3.63) is 94.8 Å². The second-order valence-corrected chi connectivity index (χ2v) is 12.0. The van der Waals surface area contributed by atoms with Crippen molar-refractivity contribution in [2.45, 2.75) is 32.7 Å². The van der Waals surface area contributed by atoms with Crippen molar-refractivity contribution >= 4 is 29.1 Å². The molecule has 10 heteroatoms. The van der Waals surface area contributed by atoms with E-state index in [1.807, 2.05) is 89.6 Å². The van der Waals surface area contributed by atoms with E-state index in [9.17, 15) is 9.59 Å². The number of likely N-dealkylation sites (N-methyl/N-ethyl adjacent to an activating group) is 1. The van der Waals surface area contributed by atoms with Crippen molar-refractivity contribution in [2.24, 2.45) is 0 Å². The molecule has 5 rings (SSSR count). The number of carbonyl (C=O) groups is 2. The Morgan fingerprint density at radius 3 is 2.78 bits per heavy atom. The minimum atomic E-state index is -0.0776. The number of aromatic nitrogens is 2. The lowest BCUT2D eigenvalue weighted by atomic mass is 10.1. The summed E-state index contributed by atoms with van der Waals surface area (Å²) in [4.78, 5) is 29.1. The smallest absolute Gasteiger partial charge is 0.251 e. The molecule has 45 heavy (non-hydrogen) atoms. The highest BCUT2D eigenvalue weighted by Crippen LogP contribution is 2.40. The maximum atomic E-state index is 13.4. The van der Waals surface area contributed by atoms with Crippen LogP contribution in [0.25, 0.3) is 11.1 Å². The number of fused-ring (bicyclic) bond motifs is 1. The first kappa shape index (κ1) is 32.1. The third kappa shape index (κ3) is 8.23. The molecule has 1 aliphatic rings. The lowest BCUT2D eigenvalue weighted by Gasteiger charge is -2.23. The summed E-state index contributed by atoms with van der Waals surface area (Å²) >= 11 is 6.20. The minimum absolute atomic E-state index is 0.0351. The first-order valence-electron chi connectivity index (χ1n) is 15.4. The number of anilines is 1. The van der Waals surface area contributed by atoms with E-state index in [0.717, 1.165) is 46.7 Å². The topological polar surface area (TPSA) is 90.1 Å². The van der Waals surface area contributed by atoms with E-state index in [0.29, 0.717) is 62.0 Å². The zero-order valence-electron chi connectivity index (χ0n) is 26.1. The third-order valence-corrected chi connectivity index (χ3v) is 8.17. The van der Waals surface area contributed by atoms with Crippen LogP contribution in [0.3, 0.4) is 0 Å². The number of rotatable bonds is 12. The molecular weight excluding hydrogens is 590 g/mol. The normalized spacial score (nSPS) is 12.8. The molecule has 0 spiro atoms. The number of amides is 2. The average Bonchev–Trinajstić information content (AvgIpc) is 3.37. The molecule has 0 bridgehead atoms. The van der Waals surface area contributed by atoms with Crippen LogP contribution >= 0.6 is 11.6 Å². The maximum Gasteiger partial charge on any atom is 0.251 e. The van der Waals surface area contributed by atoms with Gasteiger partial charge in [-0.3, -0.25) is 14.3 Å². The Morgan fingerprint density at radius 1 is 1.11 bits per heavy atom. The Hall–Kier alpha value is -4.34. The van der Waals surface area contributed by atoms with Gasteiger partial charge in [-0.15, -0.1) is 0 Å². The van der Waals surface area contributed by atoms with E-state index in [1.165, 1.54) is 4.90 Å². The SMILES string of the molecule is Cc1c(Cl)cccc1OCCCC(=O)N1CCCOc2c(-c3cnn(Cc4cccc(C(=O)NCC[NH+](C)C)c4)c3)cccc21. The molecular formula is C35H41ClN5O4+. The van der Waals surface area contributed by atoms with Gasteiger partial charge in [0, 0.05) is 46.4 Å². The van der Waals surface area contributed by atoms with Crippen molar-refractivity contribution in [1.29, 1.82) is 0 Å². The quantitative estimate of drug-likeness (QED) is 0.227. The molecule has 0 radical (unpaired) electrons. The van der Waals surface area contributed by atoms with E-state index in [4.69, 9.17) is 21.1 Å². The lowest BCUT2D eigenvalue weighted by molar-refractivity contribution is -0.856. The van der Waals surface area contributed by atoms with Gasteiger partial charge in [-0.25, -0.2) is 0 Å². The second kappa shape index (κ2) is 15.1. The van der Waals surface area contributed by atoms with Gasteiger partial charge in [0.1, 0.15) is 5.75 Å². The van der Waals surface area contributed by atoms with Crippen molar-refractivity contribution in [1.82, 2.24) is 15.1 Å². The van der Waals surface area contributed by atoms with Crippen LogP contribution in [-0.4, -0.2) is 68.5 Å². The molecule has 0 unspecified atom stereocenters. The number of para-hydroxylation sites is 1. The fraction of sp³-hybridized carbons (Fsp3) is 0.343. The molecule has 0 aliphatic carbocycles. The van der Waals surface area contributed by atoms with Crippen molar-refractivity contribution in [3.63, 3.8) is 0 Å². The molecule has 1 aliphatic heterocycles. The van der Waals surface area contributed by atoms with Crippen LogP contribution in [0.1, 0.15) is 40.7 Å². The number of halogens is 1. The van der Waals surface area contributed by atoms with Crippen LogP contribution in [0.4, 0.5) is 5.69 Å². The summed E-state index contributed by atoms with van der Waals surface area (Å²) in [5, 5.41) is 8.25. The highest BCUT2D eigenvalue weighted by Gasteiger charge is 2.25. The molecule has 236 valence electrons. The highest BCUT2D eigenvalue weighted by atomic mass is 35.5. The maximum absolute atomic E-state index is 13.4. The molecule has 1 aromatic heterocycles. The summed E-state index contributed by atoms with van der Waals surface area (Å²) in [7, 11) is 4.12. The number of hydrogen-bond donors (Lipinski definition) is 2. The first-order chi connectivity index (χ1) is 21.8. The minimum Gasteiger partial charge on any atom is -0.493 e. The number of ether oxygens (including phenoxy) is 2. The monoisotopic (exact) mass is 630 g/mol. The Labute approximate surface area is 269 Å². The lowest BCUT2D eigenvalue weighted by Crippen LogP contribution is -3.06. The number of hydrogen-bond acceptors (Lipinski definition) is 5. The molecule has 3 aromatic carbocycles. The summed E-state index contributed by atoms with van der Waals surface area (Å²) in [5.74, 6) is 1.38. The summed E-state index contributed by atoms with van der Waals surface area (Å²) in [6.07, 6.45) is 5.46. The largest absolute Gasteiger partial charge is 0.493 e. The first-order valence-corrected chi connectivity index (χ1v) is 15.8. The number of nitrogens with zero attached hydrogens (tertiary/aromatic N) is 3. The van der Waals surface area contributed by atoms with Gasteiger partial charge in [0.05, 0.1) is 58.8 Å². The van der Waals surface area contributed by atoms with Crippen molar-refractivity contribution in [2.75, 3.05) is 51.8 Å². The average molecular weight is 631 g/mol. The second-order valence-electron chi connectivity index (χ2n) is 11.6. The van der Waals surface area contributed by atoms with E-state index in [1.54, 1.807) is 0 Å². The van der Waals surface area contributed by atoms with Gasteiger partial charge in [-0.2, -0.15) is 5.10 Å². The van der Waals surface area contributed by atoms with Gasteiger partial charge < -0.3 is 24.6 Å². The Morgan fingerprint density at radius 2 is 1.93 bits per heavy atom. The number of benzene rings is 3. The molecule has 2 heterocycles. The van der Waals surface area contributed by atoms with Gasteiger partial charge in [0.25, 0.3) is 5.91 Å². The molecule has 0 fully saturated rings. The van der Waals surface area contributed by atoms with E-state index >= 15 is 0 Å². The number of carbonyl (C=O) groups excluding carboxylic acids is 2. The standard InChI is InChI=1S/C35H40ClN5O4/c1-25-30(36)12-6-14-32(25)44-19-7-15-33(42)41-17-8-20-45-34-29(11-5-13-31(34)41)28-22-38-40(24-28)23-26-9-4-10-27(21-26)35(43)37-16-18-39(2)3/h4-6,9-14,21-22,24H,7-8,15-20,23H2,1-3H3,(H,37,43)/p+1. The Kier molecular flexibility index (Phi) is 10.8. The fourth-order valence-corrected chi connectivity index (χ4v) is 5.46. The van der Waals surface area contributed by atoms with Gasteiger partial charge in [0.15, 0.2) is 5.75 Å².